The predicted octanol–water partition coefficient (Wildman–Crippen LogP) is 6.21. The minimum absolute atomic E-state index is 0.155. The molecule has 188 valence electrons. The van der Waals surface area contributed by atoms with Gasteiger partial charge in [-0.2, -0.15) is 17.5 Å². The molecule has 0 spiro atoms. The van der Waals surface area contributed by atoms with E-state index in [0.29, 0.717) is 17.1 Å². The average molecular weight is 535 g/mol. The van der Waals surface area contributed by atoms with Crippen molar-refractivity contribution in [3.63, 3.8) is 0 Å². The first kappa shape index (κ1) is 25.9. The second-order valence-electron chi connectivity index (χ2n) is 8.55. The zero-order chi connectivity index (χ0) is 26.3. The van der Waals surface area contributed by atoms with Gasteiger partial charge in [0.25, 0.3) is 5.56 Å². The van der Waals surface area contributed by atoms with Crippen molar-refractivity contribution in [3.05, 3.63) is 110 Å². The number of pyridine rings is 1. The predicted molar refractivity (Wildman–Crippen MR) is 133 cm³/mol. The molecule has 0 amide bonds. The first-order chi connectivity index (χ1) is 16.9. The molecule has 0 aliphatic heterocycles. The topological polar surface area (TPSA) is 70.2 Å². The molecular formula is C26H22ClF3N2O3S. The first-order valence-corrected chi connectivity index (χ1v) is 12.7. The molecule has 0 saturated heterocycles. The summed E-state index contributed by atoms with van der Waals surface area (Å²) in [4.78, 5) is 15.1. The average Bonchev–Trinajstić information content (AvgIpc) is 2.80. The third-order valence-electron chi connectivity index (χ3n) is 5.96. The van der Waals surface area contributed by atoms with Gasteiger partial charge in [0.1, 0.15) is 0 Å². The van der Waals surface area contributed by atoms with E-state index < -0.39 is 37.2 Å². The Bertz CT molecular complexity index is 1600. The van der Waals surface area contributed by atoms with Crippen molar-refractivity contribution in [1.29, 1.82) is 0 Å². The van der Waals surface area contributed by atoms with E-state index in [9.17, 15) is 26.4 Å². The Labute approximate surface area is 211 Å². The van der Waals surface area contributed by atoms with Crippen LogP contribution >= 0.6 is 11.6 Å². The van der Waals surface area contributed by atoms with Crippen LogP contribution in [0.1, 0.15) is 27.8 Å². The summed E-state index contributed by atoms with van der Waals surface area (Å²) in [6.07, 6.45) is -4.83. The number of alkyl halides is 3. The lowest BCUT2D eigenvalue weighted by atomic mass is 10.0. The largest absolute Gasteiger partial charge is 0.417 e. The lowest BCUT2D eigenvalue weighted by Gasteiger charge is -2.23. The molecule has 0 aliphatic rings. The Morgan fingerprint density at radius 2 is 1.58 bits per heavy atom. The molecule has 1 aromatic heterocycles. The van der Waals surface area contributed by atoms with Gasteiger partial charge in [-0.25, -0.2) is 8.42 Å². The van der Waals surface area contributed by atoms with E-state index in [0.717, 1.165) is 33.0 Å². The van der Waals surface area contributed by atoms with E-state index in [1.54, 1.807) is 36.4 Å². The van der Waals surface area contributed by atoms with Crippen molar-refractivity contribution in [3.8, 4) is 0 Å². The van der Waals surface area contributed by atoms with Gasteiger partial charge in [0.15, 0.2) is 0 Å². The lowest BCUT2D eigenvalue weighted by molar-refractivity contribution is -0.137. The number of nitrogens with one attached hydrogen (secondary N) is 1. The molecule has 4 aromatic rings. The minimum Gasteiger partial charge on any atom is -0.322 e. The van der Waals surface area contributed by atoms with Crippen LogP contribution < -0.4 is 5.56 Å². The van der Waals surface area contributed by atoms with Crippen LogP contribution in [-0.4, -0.2) is 17.7 Å². The van der Waals surface area contributed by atoms with Crippen LogP contribution in [0, 0.1) is 13.8 Å². The van der Waals surface area contributed by atoms with E-state index >= 15 is 0 Å². The number of fused-ring (bicyclic) bond motifs is 1. The number of nitrogens with zero attached hydrogens (tertiary/aromatic N) is 1. The molecule has 36 heavy (non-hydrogen) atoms. The maximum absolute atomic E-state index is 13.6. The number of aryl methyl sites for hydroxylation is 2. The Morgan fingerprint density at radius 1 is 0.917 bits per heavy atom. The minimum atomic E-state index is -4.83. The van der Waals surface area contributed by atoms with Crippen LogP contribution in [0.25, 0.3) is 10.9 Å². The number of aromatic nitrogens is 1. The highest BCUT2D eigenvalue weighted by Gasteiger charge is 2.35. The van der Waals surface area contributed by atoms with Crippen molar-refractivity contribution in [1.82, 2.24) is 9.29 Å². The van der Waals surface area contributed by atoms with E-state index in [-0.39, 0.29) is 18.7 Å². The second kappa shape index (κ2) is 9.72. The summed E-state index contributed by atoms with van der Waals surface area (Å²) < 4.78 is 68.5. The number of benzene rings is 3. The molecule has 1 N–H and O–H groups in total. The summed E-state index contributed by atoms with van der Waals surface area (Å²) in [5.41, 5.74) is 1.63. The van der Waals surface area contributed by atoms with Gasteiger partial charge in [0, 0.05) is 24.2 Å². The fourth-order valence-corrected chi connectivity index (χ4v) is 5.53. The Kier molecular flexibility index (Phi) is 7.01. The van der Waals surface area contributed by atoms with E-state index in [4.69, 9.17) is 11.6 Å². The second-order valence-corrected chi connectivity index (χ2v) is 10.9. The summed E-state index contributed by atoms with van der Waals surface area (Å²) in [7, 11) is -4.46. The molecule has 0 fully saturated rings. The van der Waals surface area contributed by atoms with Crippen molar-refractivity contribution >= 4 is 32.5 Å². The molecule has 10 heteroatoms. The molecule has 0 radical (unpaired) electrons. The molecule has 5 nitrogen and oxygen atoms in total. The lowest BCUT2D eigenvalue weighted by Crippen LogP contribution is -2.32. The molecule has 0 aliphatic carbocycles. The maximum Gasteiger partial charge on any atom is 0.417 e. The van der Waals surface area contributed by atoms with Gasteiger partial charge in [-0.1, -0.05) is 41.9 Å². The fraction of sp³-hybridized carbons (Fsp3) is 0.192. The third-order valence-corrected chi connectivity index (χ3v) is 8.08. The highest BCUT2D eigenvalue weighted by molar-refractivity contribution is 7.89. The van der Waals surface area contributed by atoms with Gasteiger partial charge in [-0.15, -0.1) is 0 Å². The quantitative estimate of drug-likeness (QED) is 0.320. The first-order valence-electron chi connectivity index (χ1n) is 10.9. The number of H-pyrrole nitrogens is 1. The van der Waals surface area contributed by atoms with Gasteiger partial charge in [-0.05, 0) is 72.3 Å². The fourth-order valence-electron chi connectivity index (χ4n) is 3.87. The number of hydrogen-bond donors (Lipinski definition) is 1. The number of hydrogen-bond acceptors (Lipinski definition) is 3. The molecular weight excluding hydrogens is 513 g/mol. The zero-order valence-electron chi connectivity index (χ0n) is 19.4. The molecule has 3 aromatic carbocycles. The van der Waals surface area contributed by atoms with E-state index in [2.05, 4.69) is 4.98 Å². The SMILES string of the molecule is Cc1cc2cc(CN(Cc3ccccc3)S(=O)(=O)c3ccc(Cl)c(C(F)(F)F)c3)c(=O)[nH]c2cc1C. The molecule has 4 rings (SSSR count). The van der Waals surface area contributed by atoms with Crippen LogP contribution in [0.5, 0.6) is 0 Å². The number of sulfonamides is 1. The van der Waals surface area contributed by atoms with Gasteiger partial charge in [-0.3, -0.25) is 4.79 Å². The summed E-state index contributed by atoms with van der Waals surface area (Å²) in [6.45, 7) is 3.33. The zero-order valence-corrected chi connectivity index (χ0v) is 20.9. The molecule has 0 unspecified atom stereocenters. The van der Waals surface area contributed by atoms with Gasteiger partial charge in [0.2, 0.25) is 10.0 Å². The van der Waals surface area contributed by atoms with Crippen LogP contribution in [0.15, 0.2) is 76.4 Å². The summed E-state index contributed by atoms with van der Waals surface area (Å²) in [6, 6.07) is 16.4. The smallest absolute Gasteiger partial charge is 0.322 e. The highest BCUT2D eigenvalue weighted by Crippen LogP contribution is 2.36. The number of halogens is 4. The van der Waals surface area contributed by atoms with Crippen molar-refractivity contribution in [2.45, 2.75) is 38.0 Å². The van der Waals surface area contributed by atoms with Gasteiger partial charge < -0.3 is 4.98 Å². The van der Waals surface area contributed by atoms with Crippen molar-refractivity contribution < 1.29 is 21.6 Å². The van der Waals surface area contributed by atoms with Crippen LogP contribution in [-0.2, 0) is 29.3 Å². The monoisotopic (exact) mass is 534 g/mol. The summed E-state index contributed by atoms with van der Waals surface area (Å²) in [5, 5.41) is 0.114. The van der Waals surface area contributed by atoms with Crippen molar-refractivity contribution in [2.75, 3.05) is 0 Å². The maximum atomic E-state index is 13.6. The van der Waals surface area contributed by atoms with Crippen LogP contribution in [0.3, 0.4) is 0 Å². The normalized spacial score (nSPS) is 12.4. The number of rotatable bonds is 6. The van der Waals surface area contributed by atoms with Crippen LogP contribution in [0.4, 0.5) is 13.2 Å². The molecule has 1 heterocycles. The third kappa shape index (κ3) is 5.33. The van der Waals surface area contributed by atoms with E-state index in [1.165, 1.54) is 0 Å². The van der Waals surface area contributed by atoms with E-state index in [1.807, 2.05) is 26.0 Å². The highest BCUT2D eigenvalue weighted by atomic mass is 35.5. The summed E-state index contributed by atoms with van der Waals surface area (Å²) in [5.74, 6) is 0. The Hall–Kier alpha value is -3.14. The number of aromatic amines is 1. The van der Waals surface area contributed by atoms with Gasteiger partial charge >= 0.3 is 6.18 Å². The molecule has 0 atom stereocenters. The van der Waals surface area contributed by atoms with Crippen LogP contribution in [0.2, 0.25) is 5.02 Å². The van der Waals surface area contributed by atoms with Gasteiger partial charge in [0.05, 0.1) is 15.5 Å². The molecule has 0 bridgehead atoms. The Morgan fingerprint density at radius 3 is 2.25 bits per heavy atom. The summed E-state index contributed by atoms with van der Waals surface area (Å²) >= 11 is 5.70. The Balaban J connectivity index is 1.82. The molecule has 0 saturated carbocycles. The standard InChI is InChI=1S/C26H22ClF3N2O3S/c1-16-10-19-12-20(25(33)31-24(19)11-17(16)2)15-32(14-18-6-4-3-5-7-18)36(34,35)21-8-9-23(27)22(13-21)26(28,29)30/h3-13H,14-15H2,1-2H3,(H,31,33). The van der Waals surface area contributed by atoms with Crippen molar-refractivity contribution in [2.24, 2.45) is 0 Å².